The van der Waals surface area contributed by atoms with Gasteiger partial charge in [0.15, 0.2) is 5.82 Å². The van der Waals surface area contributed by atoms with Crippen LogP contribution in [-0.4, -0.2) is 44.9 Å². The average molecular weight is 320 g/mol. The molecule has 2 aliphatic rings. The lowest BCUT2D eigenvalue weighted by atomic mass is 9.96. The van der Waals surface area contributed by atoms with E-state index >= 15 is 0 Å². The van der Waals surface area contributed by atoms with Crippen molar-refractivity contribution in [1.82, 2.24) is 14.7 Å². The first kappa shape index (κ1) is 15.8. The van der Waals surface area contributed by atoms with Gasteiger partial charge in [-0.3, -0.25) is 14.8 Å². The summed E-state index contributed by atoms with van der Waals surface area (Å²) >= 11 is 0. The minimum absolute atomic E-state index is 0.259. The number of nitrogens with one attached hydrogen (secondary N) is 1. The topological polar surface area (TPSA) is 87.5 Å². The number of aryl methyl sites for hydroxylation is 1. The summed E-state index contributed by atoms with van der Waals surface area (Å²) in [6.07, 6.45) is 8.54. The van der Waals surface area contributed by atoms with Gasteiger partial charge in [0.05, 0.1) is 12.0 Å². The maximum atomic E-state index is 12.3. The Kier molecular flexibility index (Phi) is 4.54. The Bertz CT molecular complexity index is 592. The summed E-state index contributed by atoms with van der Waals surface area (Å²) < 4.78 is 1.98. The predicted octanol–water partition coefficient (Wildman–Crippen LogP) is 2.64. The Hall–Kier alpha value is -2.05. The van der Waals surface area contributed by atoms with Crippen molar-refractivity contribution in [2.45, 2.75) is 51.5 Å². The molecule has 1 aliphatic carbocycles. The molecule has 7 nitrogen and oxygen atoms in total. The fourth-order valence-electron chi connectivity index (χ4n) is 3.47. The number of carbonyl (C=O) groups is 2. The molecule has 23 heavy (non-hydrogen) atoms. The van der Waals surface area contributed by atoms with Crippen LogP contribution >= 0.6 is 0 Å². The van der Waals surface area contributed by atoms with Crippen molar-refractivity contribution in [3.05, 3.63) is 11.8 Å². The first-order chi connectivity index (χ1) is 11.0. The molecule has 1 aromatic heterocycles. The maximum absolute atomic E-state index is 12.3. The molecule has 0 aromatic carbocycles. The van der Waals surface area contributed by atoms with Gasteiger partial charge < -0.3 is 10.0 Å². The summed E-state index contributed by atoms with van der Waals surface area (Å²) in [5, 5.41) is 16.4. The monoisotopic (exact) mass is 320 g/mol. The second-order valence-corrected chi connectivity index (χ2v) is 6.63. The first-order valence-corrected chi connectivity index (χ1v) is 8.39. The smallest absolute Gasteiger partial charge is 0.323 e. The zero-order valence-corrected chi connectivity index (χ0v) is 13.5. The lowest BCUT2D eigenvalue weighted by molar-refractivity contribution is -0.141. The quantitative estimate of drug-likeness (QED) is 0.896. The van der Waals surface area contributed by atoms with E-state index in [0.29, 0.717) is 24.8 Å². The van der Waals surface area contributed by atoms with Crippen molar-refractivity contribution in [3.8, 4) is 0 Å². The van der Waals surface area contributed by atoms with Crippen LogP contribution in [-0.2, 0) is 4.79 Å². The number of hydrogen-bond acceptors (Lipinski definition) is 3. The molecule has 0 bridgehead atoms. The molecular weight excluding hydrogens is 296 g/mol. The number of nitrogens with zero attached hydrogens (tertiary/aromatic N) is 3. The summed E-state index contributed by atoms with van der Waals surface area (Å²) in [4.78, 5) is 24.8. The van der Waals surface area contributed by atoms with E-state index in [2.05, 4.69) is 10.4 Å². The molecule has 126 valence electrons. The van der Waals surface area contributed by atoms with Gasteiger partial charge in [0.1, 0.15) is 0 Å². The maximum Gasteiger partial charge on any atom is 0.323 e. The van der Waals surface area contributed by atoms with Crippen LogP contribution in [0.4, 0.5) is 10.6 Å². The van der Waals surface area contributed by atoms with Crippen LogP contribution in [0.2, 0.25) is 0 Å². The first-order valence-electron chi connectivity index (χ1n) is 8.39. The molecule has 7 heteroatoms. The number of likely N-dealkylation sites (tertiary alicyclic amines) is 1. The minimum atomic E-state index is -0.835. The summed E-state index contributed by atoms with van der Waals surface area (Å²) in [5.74, 6) is -0.709. The third-order valence-electron chi connectivity index (χ3n) is 4.91. The Morgan fingerprint density at radius 1 is 1.26 bits per heavy atom. The third-order valence-corrected chi connectivity index (χ3v) is 4.91. The molecule has 2 heterocycles. The summed E-state index contributed by atoms with van der Waals surface area (Å²) in [7, 11) is 0. The molecule has 1 aromatic rings. The van der Waals surface area contributed by atoms with Crippen LogP contribution in [0.25, 0.3) is 0 Å². The van der Waals surface area contributed by atoms with E-state index < -0.39 is 11.9 Å². The number of amides is 2. The molecule has 1 saturated carbocycles. The molecule has 0 spiro atoms. The highest BCUT2D eigenvalue weighted by atomic mass is 16.4. The van der Waals surface area contributed by atoms with Crippen molar-refractivity contribution < 1.29 is 14.7 Å². The molecular formula is C16H24N4O3. The van der Waals surface area contributed by atoms with Crippen LogP contribution in [0.5, 0.6) is 0 Å². The molecule has 1 aliphatic heterocycles. The fraction of sp³-hybridized carbons (Fsp3) is 0.688. The van der Waals surface area contributed by atoms with Gasteiger partial charge in [-0.25, -0.2) is 4.79 Å². The highest BCUT2D eigenvalue weighted by Crippen LogP contribution is 2.29. The second-order valence-electron chi connectivity index (χ2n) is 6.63. The number of rotatable bonds is 3. The molecule has 1 saturated heterocycles. The SMILES string of the molecule is Cc1cn(C2CCCCC2)nc1NC(=O)N1CCC(C(=O)O)C1. The van der Waals surface area contributed by atoms with E-state index in [1.54, 1.807) is 4.90 Å². The number of urea groups is 1. The molecule has 2 fully saturated rings. The number of anilines is 1. The van der Waals surface area contributed by atoms with Gasteiger partial charge in [-0.1, -0.05) is 19.3 Å². The van der Waals surface area contributed by atoms with E-state index in [4.69, 9.17) is 5.11 Å². The Balaban J connectivity index is 1.62. The van der Waals surface area contributed by atoms with Gasteiger partial charge in [0, 0.05) is 24.8 Å². The number of hydrogen-bond donors (Lipinski definition) is 2. The van der Waals surface area contributed by atoms with Crippen LogP contribution in [0.1, 0.15) is 50.1 Å². The van der Waals surface area contributed by atoms with Crippen molar-refractivity contribution in [2.24, 2.45) is 5.92 Å². The van der Waals surface area contributed by atoms with Crippen molar-refractivity contribution >= 4 is 17.8 Å². The molecule has 1 unspecified atom stereocenters. The number of carboxylic acid groups (broad SMARTS) is 1. The highest BCUT2D eigenvalue weighted by Gasteiger charge is 2.31. The molecule has 3 rings (SSSR count). The number of aliphatic carboxylic acids is 1. The minimum Gasteiger partial charge on any atom is -0.481 e. The van der Waals surface area contributed by atoms with Crippen LogP contribution < -0.4 is 5.32 Å². The van der Waals surface area contributed by atoms with Crippen LogP contribution in [0.15, 0.2) is 6.20 Å². The van der Waals surface area contributed by atoms with E-state index in [1.165, 1.54) is 19.3 Å². The molecule has 0 radical (unpaired) electrons. The normalized spacial score (nSPS) is 22.3. The molecule has 2 N–H and O–H groups in total. The Labute approximate surface area is 135 Å². The standard InChI is InChI=1S/C16H24N4O3/c1-11-9-20(13-5-3-2-4-6-13)18-14(11)17-16(23)19-8-7-12(10-19)15(21)22/h9,12-13H,2-8,10H2,1H3,(H,21,22)(H,17,18,23). The van der Waals surface area contributed by atoms with Crippen molar-refractivity contribution in [2.75, 3.05) is 18.4 Å². The summed E-state index contributed by atoms with van der Waals surface area (Å²) in [6.45, 7) is 2.68. The van der Waals surface area contributed by atoms with Crippen molar-refractivity contribution in [1.29, 1.82) is 0 Å². The third kappa shape index (κ3) is 3.48. The van der Waals surface area contributed by atoms with E-state index in [0.717, 1.165) is 18.4 Å². The van der Waals surface area contributed by atoms with E-state index in [1.807, 2.05) is 17.8 Å². The summed E-state index contributed by atoms with van der Waals surface area (Å²) in [6, 6.07) is 0.169. The molecule has 1 atom stereocenters. The number of aromatic nitrogens is 2. The lowest BCUT2D eigenvalue weighted by Crippen LogP contribution is -2.34. The van der Waals surface area contributed by atoms with E-state index in [-0.39, 0.29) is 12.6 Å². The predicted molar refractivity (Wildman–Crippen MR) is 85.4 cm³/mol. The average Bonchev–Trinajstić information content (AvgIpc) is 3.16. The van der Waals surface area contributed by atoms with Crippen LogP contribution in [0, 0.1) is 12.8 Å². The Morgan fingerprint density at radius 2 is 2.00 bits per heavy atom. The van der Waals surface area contributed by atoms with Gasteiger partial charge in [-0.05, 0) is 26.2 Å². The number of carbonyl (C=O) groups excluding carboxylic acids is 1. The zero-order chi connectivity index (χ0) is 16.4. The number of carboxylic acids is 1. The van der Waals surface area contributed by atoms with Gasteiger partial charge in [0.2, 0.25) is 0 Å². The molecule has 2 amide bonds. The van der Waals surface area contributed by atoms with Gasteiger partial charge in [0.25, 0.3) is 0 Å². The second kappa shape index (κ2) is 6.60. The Morgan fingerprint density at radius 3 is 2.65 bits per heavy atom. The van der Waals surface area contributed by atoms with E-state index in [9.17, 15) is 9.59 Å². The lowest BCUT2D eigenvalue weighted by Gasteiger charge is -2.21. The largest absolute Gasteiger partial charge is 0.481 e. The van der Waals surface area contributed by atoms with Crippen LogP contribution in [0.3, 0.4) is 0 Å². The van der Waals surface area contributed by atoms with Gasteiger partial charge >= 0.3 is 12.0 Å². The van der Waals surface area contributed by atoms with Gasteiger partial charge in [-0.15, -0.1) is 0 Å². The van der Waals surface area contributed by atoms with Gasteiger partial charge in [-0.2, -0.15) is 5.10 Å². The van der Waals surface area contributed by atoms with Crippen molar-refractivity contribution in [3.63, 3.8) is 0 Å². The summed E-state index contributed by atoms with van der Waals surface area (Å²) in [5.41, 5.74) is 0.943. The fourth-order valence-corrected chi connectivity index (χ4v) is 3.47. The zero-order valence-electron chi connectivity index (χ0n) is 13.5. The highest BCUT2D eigenvalue weighted by molar-refractivity contribution is 5.89.